The summed E-state index contributed by atoms with van der Waals surface area (Å²) >= 11 is 0. The number of hydrogen-bond donors (Lipinski definition) is 1. The molecule has 4 rings (SSSR count). The molecular weight excluding hydrogens is 332 g/mol. The summed E-state index contributed by atoms with van der Waals surface area (Å²) < 4.78 is 27.0. The van der Waals surface area contributed by atoms with E-state index in [1.54, 1.807) is 24.3 Å². The number of carbonyl (C=O) groups is 1. The van der Waals surface area contributed by atoms with Gasteiger partial charge in [0.25, 0.3) is 0 Å². The maximum atomic E-state index is 13.5. The molecule has 4 heteroatoms. The quantitative estimate of drug-likeness (QED) is 0.740. The minimum atomic E-state index is -0.875. The molecule has 1 aliphatic rings. The van der Waals surface area contributed by atoms with Crippen molar-refractivity contribution in [2.24, 2.45) is 0 Å². The maximum Gasteiger partial charge on any atom is 0.221 e. The van der Waals surface area contributed by atoms with Gasteiger partial charge in [0.2, 0.25) is 5.91 Å². The fourth-order valence-electron chi connectivity index (χ4n) is 3.89. The van der Waals surface area contributed by atoms with Gasteiger partial charge in [-0.15, -0.1) is 0 Å². The minimum absolute atomic E-state index is 0.0903. The highest BCUT2D eigenvalue weighted by atomic mass is 19.1. The highest BCUT2D eigenvalue weighted by molar-refractivity contribution is 5.83. The highest BCUT2D eigenvalue weighted by Crippen LogP contribution is 2.48. The molecule has 2 nitrogen and oxygen atoms in total. The molecule has 1 fully saturated rings. The first-order valence-electron chi connectivity index (χ1n) is 8.47. The van der Waals surface area contributed by atoms with Crippen molar-refractivity contribution in [3.8, 4) is 0 Å². The van der Waals surface area contributed by atoms with Crippen LogP contribution < -0.4 is 5.32 Å². The molecular formula is C22H17F2NO. The number of halogens is 2. The first-order chi connectivity index (χ1) is 12.6. The third kappa shape index (κ3) is 2.68. The summed E-state index contributed by atoms with van der Waals surface area (Å²) in [4.78, 5) is 12.5. The van der Waals surface area contributed by atoms with Gasteiger partial charge in [-0.3, -0.25) is 4.79 Å². The number of hydrogen-bond acceptors (Lipinski definition) is 1. The first kappa shape index (κ1) is 16.5. The standard InChI is InChI=1S/C22H17F2NO/c23-18-10-6-16(7-11-18)22(17-8-12-19(24)13-9-17)20(14-21(26)25-22)15-4-2-1-3-5-15/h1-13,20H,14H2,(H,25,26)/t20-/m0/s1. The molecule has 1 saturated heterocycles. The van der Waals surface area contributed by atoms with Gasteiger partial charge in [-0.05, 0) is 41.0 Å². The topological polar surface area (TPSA) is 29.1 Å². The average molecular weight is 349 g/mol. The Labute approximate surface area is 150 Å². The zero-order valence-corrected chi connectivity index (χ0v) is 14.0. The lowest BCUT2D eigenvalue weighted by Crippen LogP contribution is -2.43. The predicted molar refractivity (Wildman–Crippen MR) is 95.5 cm³/mol. The predicted octanol–water partition coefficient (Wildman–Crippen LogP) is 4.51. The molecule has 130 valence electrons. The number of carbonyl (C=O) groups excluding carboxylic acids is 1. The molecule has 0 aliphatic carbocycles. The number of benzene rings is 3. The van der Waals surface area contributed by atoms with Gasteiger partial charge in [-0.25, -0.2) is 8.78 Å². The summed E-state index contributed by atoms with van der Waals surface area (Å²) in [5.74, 6) is -0.966. The third-order valence-electron chi connectivity index (χ3n) is 5.05. The molecule has 0 radical (unpaired) electrons. The summed E-state index contributed by atoms with van der Waals surface area (Å²) in [6.07, 6.45) is 0.304. The van der Waals surface area contributed by atoms with E-state index in [0.29, 0.717) is 6.42 Å². The molecule has 3 aromatic carbocycles. The van der Waals surface area contributed by atoms with Crippen molar-refractivity contribution in [2.45, 2.75) is 17.9 Å². The fourth-order valence-corrected chi connectivity index (χ4v) is 3.89. The van der Waals surface area contributed by atoms with E-state index >= 15 is 0 Å². The van der Waals surface area contributed by atoms with Gasteiger partial charge in [0.15, 0.2) is 0 Å². The van der Waals surface area contributed by atoms with Crippen LogP contribution in [0.25, 0.3) is 0 Å². The Bertz CT molecular complexity index is 875. The lowest BCUT2D eigenvalue weighted by Gasteiger charge is -2.37. The molecule has 0 bridgehead atoms. The molecule has 1 heterocycles. The summed E-state index contributed by atoms with van der Waals surface area (Å²) in [5, 5.41) is 3.10. The largest absolute Gasteiger partial charge is 0.342 e. The Morgan fingerprint density at radius 2 is 1.27 bits per heavy atom. The Kier molecular flexibility index (Phi) is 4.03. The lowest BCUT2D eigenvalue weighted by molar-refractivity contribution is -0.119. The van der Waals surface area contributed by atoms with Crippen LogP contribution in [-0.4, -0.2) is 5.91 Å². The Morgan fingerprint density at radius 1 is 0.769 bits per heavy atom. The Hall–Kier alpha value is -3.01. The van der Waals surface area contributed by atoms with Crippen LogP contribution in [0, 0.1) is 11.6 Å². The van der Waals surface area contributed by atoms with Gasteiger partial charge in [-0.2, -0.15) is 0 Å². The third-order valence-corrected chi connectivity index (χ3v) is 5.05. The van der Waals surface area contributed by atoms with Crippen LogP contribution in [0.1, 0.15) is 29.0 Å². The summed E-state index contributed by atoms with van der Waals surface area (Å²) in [6.45, 7) is 0. The maximum absolute atomic E-state index is 13.5. The van der Waals surface area contributed by atoms with Crippen molar-refractivity contribution in [2.75, 3.05) is 0 Å². The summed E-state index contributed by atoms with van der Waals surface area (Å²) in [5.41, 5.74) is 1.66. The lowest BCUT2D eigenvalue weighted by atomic mass is 9.71. The highest BCUT2D eigenvalue weighted by Gasteiger charge is 2.49. The van der Waals surface area contributed by atoms with E-state index in [2.05, 4.69) is 5.32 Å². The van der Waals surface area contributed by atoms with Gasteiger partial charge >= 0.3 is 0 Å². The van der Waals surface area contributed by atoms with E-state index in [9.17, 15) is 13.6 Å². The van der Waals surface area contributed by atoms with Gasteiger partial charge < -0.3 is 5.32 Å². The molecule has 1 N–H and O–H groups in total. The zero-order chi connectivity index (χ0) is 18.1. The average Bonchev–Trinajstić information content (AvgIpc) is 3.02. The van der Waals surface area contributed by atoms with Crippen molar-refractivity contribution in [1.29, 1.82) is 0 Å². The normalized spacial score (nSPS) is 18.5. The monoisotopic (exact) mass is 349 g/mol. The van der Waals surface area contributed by atoms with E-state index in [1.807, 2.05) is 30.3 Å². The first-order valence-corrected chi connectivity index (χ1v) is 8.47. The minimum Gasteiger partial charge on any atom is -0.342 e. The van der Waals surface area contributed by atoms with Crippen molar-refractivity contribution in [3.05, 3.63) is 107 Å². The Balaban J connectivity index is 1.96. The summed E-state index contributed by atoms with van der Waals surface area (Å²) in [6, 6.07) is 22.0. The summed E-state index contributed by atoms with van der Waals surface area (Å²) in [7, 11) is 0. The van der Waals surface area contributed by atoms with Crippen molar-refractivity contribution >= 4 is 5.91 Å². The second-order valence-electron chi connectivity index (χ2n) is 6.54. The van der Waals surface area contributed by atoms with Gasteiger partial charge in [0.05, 0.1) is 5.54 Å². The van der Waals surface area contributed by atoms with Crippen LogP contribution in [0.15, 0.2) is 78.9 Å². The van der Waals surface area contributed by atoms with E-state index in [1.165, 1.54) is 24.3 Å². The van der Waals surface area contributed by atoms with Gasteiger partial charge in [0.1, 0.15) is 11.6 Å². The smallest absolute Gasteiger partial charge is 0.221 e. The van der Waals surface area contributed by atoms with Gasteiger partial charge in [0, 0.05) is 12.3 Å². The Morgan fingerprint density at radius 3 is 1.77 bits per heavy atom. The van der Waals surface area contributed by atoms with Crippen LogP contribution in [-0.2, 0) is 10.3 Å². The van der Waals surface area contributed by atoms with Crippen molar-refractivity contribution < 1.29 is 13.6 Å². The van der Waals surface area contributed by atoms with E-state index in [4.69, 9.17) is 0 Å². The molecule has 0 saturated carbocycles. The fraction of sp³-hybridized carbons (Fsp3) is 0.136. The van der Waals surface area contributed by atoms with Gasteiger partial charge in [-0.1, -0.05) is 54.6 Å². The molecule has 0 aromatic heterocycles. The second-order valence-corrected chi connectivity index (χ2v) is 6.54. The van der Waals surface area contributed by atoms with Crippen LogP contribution in [0.4, 0.5) is 8.78 Å². The van der Waals surface area contributed by atoms with Crippen molar-refractivity contribution in [3.63, 3.8) is 0 Å². The molecule has 0 unspecified atom stereocenters. The number of amides is 1. The van der Waals surface area contributed by atoms with E-state index < -0.39 is 5.54 Å². The van der Waals surface area contributed by atoms with E-state index in [-0.39, 0.29) is 23.5 Å². The molecule has 1 aliphatic heterocycles. The van der Waals surface area contributed by atoms with Crippen molar-refractivity contribution in [1.82, 2.24) is 5.32 Å². The van der Waals surface area contributed by atoms with Crippen LogP contribution >= 0.6 is 0 Å². The SMILES string of the molecule is O=C1C[C@@H](c2ccccc2)C(c2ccc(F)cc2)(c2ccc(F)cc2)N1. The molecule has 1 atom stereocenters. The van der Waals surface area contributed by atoms with Crippen LogP contribution in [0.5, 0.6) is 0 Å². The van der Waals surface area contributed by atoms with Crippen LogP contribution in [0.3, 0.4) is 0 Å². The van der Waals surface area contributed by atoms with E-state index in [0.717, 1.165) is 16.7 Å². The number of nitrogens with one attached hydrogen (secondary N) is 1. The zero-order valence-electron chi connectivity index (χ0n) is 14.0. The molecule has 1 amide bonds. The molecule has 3 aromatic rings. The molecule has 0 spiro atoms. The van der Waals surface area contributed by atoms with Crippen LogP contribution in [0.2, 0.25) is 0 Å². The molecule has 26 heavy (non-hydrogen) atoms. The number of rotatable bonds is 3. The second kappa shape index (κ2) is 6.37.